The maximum Gasteiger partial charge on any atom is 0.328 e. The van der Waals surface area contributed by atoms with Crippen LogP contribution in [0.15, 0.2) is 59.5 Å². The first-order valence-corrected chi connectivity index (χ1v) is 8.91. The number of halogens is 1. The van der Waals surface area contributed by atoms with Crippen molar-refractivity contribution >= 4 is 22.7 Å². The van der Waals surface area contributed by atoms with Crippen molar-refractivity contribution in [2.24, 2.45) is 0 Å². The van der Waals surface area contributed by atoms with E-state index in [2.05, 4.69) is 10.1 Å². The molecule has 2 aromatic rings. The molecule has 2 rings (SSSR count). The number of rotatable bonds is 7. The van der Waals surface area contributed by atoms with Crippen LogP contribution < -0.4 is 5.32 Å². The van der Waals surface area contributed by atoms with Crippen LogP contribution in [0.5, 0.6) is 0 Å². The van der Waals surface area contributed by atoms with Gasteiger partial charge in [-0.25, -0.2) is 9.18 Å². The normalized spacial score (nSPS) is 12.9. The predicted molar refractivity (Wildman–Crippen MR) is 92.0 cm³/mol. The molecule has 2 atom stereocenters. The first-order chi connectivity index (χ1) is 12.0. The second-order valence-corrected chi connectivity index (χ2v) is 6.75. The van der Waals surface area contributed by atoms with Gasteiger partial charge in [-0.2, -0.15) is 0 Å². The molecule has 0 radical (unpaired) electrons. The fourth-order valence-electron chi connectivity index (χ4n) is 2.19. The molecule has 0 aliphatic carbocycles. The standard InChI is InChI=1S/C18H18FNO4S/c1-24-18(22)16(11-12-25(23)13-7-3-2-4-8-13)20-17(21)14-9-5-6-10-15(14)19/h2-10,16H,11-12H2,1H3,(H,20,21)/t16-,25-/m1/s1. The highest BCUT2D eigenvalue weighted by molar-refractivity contribution is 7.85. The van der Waals surface area contributed by atoms with Crippen LogP contribution in [-0.2, 0) is 20.3 Å². The minimum Gasteiger partial charge on any atom is -0.467 e. The Morgan fingerprint density at radius 3 is 2.40 bits per heavy atom. The van der Waals surface area contributed by atoms with Crippen LogP contribution in [0.25, 0.3) is 0 Å². The smallest absolute Gasteiger partial charge is 0.328 e. The maximum atomic E-state index is 13.7. The van der Waals surface area contributed by atoms with Gasteiger partial charge in [0.05, 0.1) is 23.5 Å². The van der Waals surface area contributed by atoms with Gasteiger partial charge >= 0.3 is 5.97 Å². The highest BCUT2D eigenvalue weighted by Crippen LogP contribution is 2.10. The second-order valence-electron chi connectivity index (χ2n) is 5.18. The quantitative estimate of drug-likeness (QED) is 0.766. The fourth-order valence-corrected chi connectivity index (χ4v) is 3.33. The van der Waals surface area contributed by atoms with Crippen molar-refractivity contribution in [1.29, 1.82) is 0 Å². The number of carbonyl (C=O) groups is 2. The summed E-state index contributed by atoms with van der Waals surface area (Å²) in [6, 6.07) is 13.3. The average molecular weight is 363 g/mol. The molecule has 1 N–H and O–H groups in total. The average Bonchev–Trinajstić information content (AvgIpc) is 2.65. The van der Waals surface area contributed by atoms with Crippen LogP contribution in [-0.4, -0.2) is 35.0 Å². The third-order valence-electron chi connectivity index (χ3n) is 3.51. The molecule has 0 aliphatic heterocycles. The molecule has 25 heavy (non-hydrogen) atoms. The van der Waals surface area contributed by atoms with E-state index in [4.69, 9.17) is 0 Å². The molecule has 5 nitrogen and oxygen atoms in total. The van der Waals surface area contributed by atoms with E-state index in [1.54, 1.807) is 24.3 Å². The third kappa shape index (κ3) is 5.22. The Labute approximate surface area is 147 Å². The van der Waals surface area contributed by atoms with Crippen LogP contribution in [0.1, 0.15) is 16.8 Å². The minimum absolute atomic E-state index is 0.106. The van der Waals surface area contributed by atoms with Gasteiger partial charge in [-0.1, -0.05) is 30.3 Å². The molecule has 0 fully saturated rings. The Hall–Kier alpha value is -2.54. The van der Waals surface area contributed by atoms with E-state index >= 15 is 0 Å². The molecule has 1 amide bonds. The lowest BCUT2D eigenvalue weighted by molar-refractivity contribution is -0.142. The maximum absolute atomic E-state index is 13.7. The number of hydrogen-bond acceptors (Lipinski definition) is 4. The lowest BCUT2D eigenvalue weighted by atomic mass is 10.1. The molecular weight excluding hydrogens is 345 g/mol. The van der Waals surface area contributed by atoms with Gasteiger partial charge < -0.3 is 10.1 Å². The first kappa shape index (κ1) is 18.8. The highest BCUT2D eigenvalue weighted by atomic mass is 32.2. The van der Waals surface area contributed by atoms with Crippen molar-refractivity contribution < 1.29 is 22.9 Å². The Morgan fingerprint density at radius 2 is 1.76 bits per heavy atom. The zero-order valence-electron chi connectivity index (χ0n) is 13.6. The summed E-state index contributed by atoms with van der Waals surface area (Å²) in [4.78, 5) is 24.7. The Morgan fingerprint density at radius 1 is 1.12 bits per heavy atom. The van der Waals surface area contributed by atoms with E-state index in [0.29, 0.717) is 4.90 Å². The summed E-state index contributed by atoms with van der Waals surface area (Å²) in [5.74, 6) is -1.92. The van der Waals surface area contributed by atoms with Crippen molar-refractivity contribution in [3.63, 3.8) is 0 Å². The lowest BCUT2D eigenvalue weighted by Gasteiger charge is -2.16. The molecule has 0 heterocycles. The van der Waals surface area contributed by atoms with E-state index in [-0.39, 0.29) is 17.7 Å². The molecule has 0 bridgehead atoms. The highest BCUT2D eigenvalue weighted by Gasteiger charge is 2.24. The van der Waals surface area contributed by atoms with Crippen LogP contribution in [0.4, 0.5) is 4.39 Å². The van der Waals surface area contributed by atoms with Gasteiger partial charge in [0.15, 0.2) is 0 Å². The predicted octanol–water partition coefficient (Wildman–Crippen LogP) is 2.30. The third-order valence-corrected chi connectivity index (χ3v) is 4.91. The Balaban J connectivity index is 2.04. The molecule has 0 aliphatic rings. The number of hydrogen-bond donors (Lipinski definition) is 1. The number of nitrogens with one attached hydrogen (secondary N) is 1. The summed E-state index contributed by atoms with van der Waals surface area (Å²) in [7, 11) is -0.126. The summed E-state index contributed by atoms with van der Waals surface area (Å²) < 4.78 is 30.6. The molecule has 132 valence electrons. The summed E-state index contributed by atoms with van der Waals surface area (Å²) in [5.41, 5.74) is -0.166. The van der Waals surface area contributed by atoms with Gasteiger partial charge in [-0.05, 0) is 30.7 Å². The van der Waals surface area contributed by atoms with E-state index in [9.17, 15) is 18.2 Å². The van der Waals surface area contributed by atoms with Crippen LogP contribution in [0, 0.1) is 5.82 Å². The lowest BCUT2D eigenvalue weighted by Crippen LogP contribution is -2.42. The number of carbonyl (C=O) groups excluding carboxylic acids is 2. The fraction of sp³-hybridized carbons (Fsp3) is 0.222. The van der Waals surface area contributed by atoms with Gasteiger partial charge in [0.2, 0.25) is 0 Å². The van der Waals surface area contributed by atoms with Gasteiger partial charge in [-0.3, -0.25) is 9.00 Å². The van der Waals surface area contributed by atoms with E-state index in [0.717, 1.165) is 6.07 Å². The van der Waals surface area contributed by atoms with Crippen molar-refractivity contribution in [3.8, 4) is 0 Å². The Kier molecular flexibility index (Phi) is 6.82. The van der Waals surface area contributed by atoms with Crippen molar-refractivity contribution in [1.82, 2.24) is 5.32 Å². The monoisotopic (exact) mass is 363 g/mol. The van der Waals surface area contributed by atoms with E-state index in [1.165, 1.54) is 25.3 Å². The van der Waals surface area contributed by atoms with Crippen LogP contribution >= 0.6 is 0 Å². The minimum atomic E-state index is -1.32. The van der Waals surface area contributed by atoms with Crippen LogP contribution in [0.3, 0.4) is 0 Å². The van der Waals surface area contributed by atoms with Crippen LogP contribution in [0.2, 0.25) is 0 Å². The number of esters is 1. The van der Waals surface area contributed by atoms with Gasteiger partial charge in [0.1, 0.15) is 11.9 Å². The Bertz CT molecular complexity index is 767. The molecular formula is C18H18FNO4S. The number of methoxy groups -OCH3 is 1. The summed E-state index contributed by atoms with van der Waals surface area (Å²) in [5, 5.41) is 2.44. The van der Waals surface area contributed by atoms with E-state index in [1.807, 2.05) is 6.07 Å². The molecule has 0 spiro atoms. The van der Waals surface area contributed by atoms with Gasteiger partial charge in [0.25, 0.3) is 5.91 Å². The van der Waals surface area contributed by atoms with Gasteiger partial charge in [0, 0.05) is 10.6 Å². The molecule has 7 heteroatoms. The second kappa shape index (κ2) is 9.08. The van der Waals surface area contributed by atoms with Crippen molar-refractivity contribution in [2.75, 3.05) is 12.9 Å². The zero-order chi connectivity index (χ0) is 18.2. The summed E-state index contributed by atoms with van der Waals surface area (Å²) in [6.45, 7) is 0. The number of ether oxygens (including phenoxy) is 1. The van der Waals surface area contributed by atoms with Crippen molar-refractivity contribution in [2.45, 2.75) is 17.4 Å². The molecule has 0 saturated carbocycles. The van der Waals surface area contributed by atoms with E-state index < -0.39 is 34.5 Å². The van der Waals surface area contributed by atoms with Gasteiger partial charge in [-0.15, -0.1) is 0 Å². The summed E-state index contributed by atoms with van der Waals surface area (Å²) in [6.07, 6.45) is 0.106. The first-order valence-electron chi connectivity index (χ1n) is 7.59. The molecule has 0 saturated heterocycles. The molecule has 0 unspecified atom stereocenters. The molecule has 2 aromatic carbocycles. The number of benzene rings is 2. The summed E-state index contributed by atoms with van der Waals surface area (Å²) >= 11 is 0. The molecule has 0 aromatic heterocycles. The van der Waals surface area contributed by atoms with Crippen molar-refractivity contribution in [3.05, 3.63) is 66.0 Å². The SMILES string of the molecule is COC(=O)[C@@H](CC[S@@](=O)c1ccccc1)NC(=O)c1ccccc1F. The topological polar surface area (TPSA) is 72.5 Å². The largest absolute Gasteiger partial charge is 0.467 e. The zero-order valence-corrected chi connectivity index (χ0v) is 14.4. The number of amides is 1.